The predicted octanol–water partition coefficient (Wildman–Crippen LogP) is 3.50. The van der Waals surface area contributed by atoms with E-state index in [4.69, 9.17) is 0 Å². The third-order valence-corrected chi connectivity index (χ3v) is 3.26. The molecule has 3 rings (SSSR count). The van der Waals surface area contributed by atoms with E-state index >= 15 is 0 Å². The molecule has 0 atom stereocenters. The first kappa shape index (κ1) is 13.0. The number of phenolic OH excluding ortho intramolecular Hbond substituents is 2. The Hall–Kier alpha value is -3.01. The number of aromatic hydroxyl groups is 2. The molecule has 0 fully saturated rings. The summed E-state index contributed by atoms with van der Waals surface area (Å²) in [5.74, 6) is -1.03. The van der Waals surface area contributed by atoms with E-state index in [0.29, 0.717) is 16.5 Å². The molecule has 0 radical (unpaired) electrons. The fraction of sp³-hybridized carbons (Fsp3) is 0. The van der Waals surface area contributed by atoms with Crippen molar-refractivity contribution < 1.29 is 15.0 Å². The first-order valence-electron chi connectivity index (χ1n) is 6.47. The van der Waals surface area contributed by atoms with Crippen LogP contribution < -0.4 is 5.32 Å². The summed E-state index contributed by atoms with van der Waals surface area (Å²) in [5.41, 5.74) is 0.465. The lowest BCUT2D eigenvalue weighted by atomic mass is 10.0. The second-order valence-electron chi connectivity index (χ2n) is 4.66. The summed E-state index contributed by atoms with van der Waals surface area (Å²) in [6.07, 6.45) is 0. The van der Waals surface area contributed by atoms with Crippen LogP contribution in [-0.2, 0) is 0 Å². The van der Waals surface area contributed by atoms with Gasteiger partial charge >= 0.3 is 0 Å². The minimum absolute atomic E-state index is 0.127. The normalized spacial score (nSPS) is 10.5. The zero-order chi connectivity index (χ0) is 14.8. The van der Waals surface area contributed by atoms with Crippen molar-refractivity contribution in [2.45, 2.75) is 0 Å². The van der Waals surface area contributed by atoms with Crippen LogP contribution in [0.25, 0.3) is 10.8 Å². The van der Waals surface area contributed by atoms with Gasteiger partial charge in [0.05, 0.1) is 0 Å². The number of anilines is 1. The highest BCUT2D eigenvalue weighted by atomic mass is 16.3. The summed E-state index contributed by atoms with van der Waals surface area (Å²) in [6.45, 7) is 0. The minimum Gasteiger partial charge on any atom is -0.507 e. The maximum absolute atomic E-state index is 12.3. The van der Waals surface area contributed by atoms with E-state index in [2.05, 4.69) is 5.32 Å². The second-order valence-corrected chi connectivity index (χ2v) is 4.66. The number of benzene rings is 3. The zero-order valence-corrected chi connectivity index (χ0v) is 11.1. The van der Waals surface area contributed by atoms with Gasteiger partial charge in [-0.25, -0.2) is 0 Å². The van der Waals surface area contributed by atoms with E-state index in [1.807, 2.05) is 6.07 Å². The monoisotopic (exact) mass is 279 g/mol. The number of fused-ring (bicyclic) bond motifs is 1. The standard InChI is InChI=1S/C17H13NO3/c19-14-10-11-6-4-5-9-13(11)16(20)15(14)17(21)18-12-7-2-1-3-8-12/h1-10,19-20H,(H,18,21). The van der Waals surface area contributed by atoms with Crippen LogP contribution >= 0.6 is 0 Å². The lowest BCUT2D eigenvalue weighted by Gasteiger charge is -2.11. The Balaban J connectivity index is 2.05. The van der Waals surface area contributed by atoms with Crippen LogP contribution in [0.3, 0.4) is 0 Å². The summed E-state index contributed by atoms with van der Waals surface area (Å²) in [5, 5.41) is 24.1. The Morgan fingerprint density at radius 1 is 0.905 bits per heavy atom. The van der Waals surface area contributed by atoms with Crippen molar-refractivity contribution >= 4 is 22.4 Å². The van der Waals surface area contributed by atoms with E-state index < -0.39 is 5.91 Å². The topological polar surface area (TPSA) is 69.6 Å². The third kappa shape index (κ3) is 2.39. The molecule has 3 aromatic carbocycles. The highest BCUT2D eigenvalue weighted by Crippen LogP contribution is 2.35. The Morgan fingerprint density at radius 2 is 1.57 bits per heavy atom. The van der Waals surface area contributed by atoms with Gasteiger partial charge in [0.15, 0.2) is 0 Å². The van der Waals surface area contributed by atoms with Crippen LogP contribution in [0.1, 0.15) is 10.4 Å². The average Bonchev–Trinajstić information content (AvgIpc) is 2.48. The SMILES string of the molecule is O=C(Nc1ccccc1)c1c(O)cc2ccccc2c1O. The molecule has 0 aliphatic heterocycles. The number of carbonyl (C=O) groups is 1. The first-order chi connectivity index (χ1) is 10.2. The molecular formula is C17H13NO3. The average molecular weight is 279 g/mol. The van der Waals surface area contributed by atoms with E-state index in [1.165, 1.54) is 6.07 Å². The van der Waals surface area contributed by atoms with E-state index in [0.717, 1.165) is 0 Å². The quantitative estimate of drug-likeness (QED) is 0.672. The Bertz CT molecular complexity index is 813. The van der Waals surface area contributed by atoms with Gasteiger partial charge in [0, 0.05) is 11.1 Å². The molecule has 0 aliphatic carbocycles. The van der Waals surface area contributed by atoms with Crippen molar-refractivity contribution in [3.8, 4) is 11.5 Å². The molecule has 104 valence electrons. The van der Waals surface area contributed by atoms with Crippen LogP contribution in [0.5, 0.6) is 11.5 Å². The van der Waals surface area contributed by atoms with E-state index in [1.54, 1.807) is 48.5 Å². The molecular weight excluding hydrogens is 266 g/mol. The molecule has 21 heavy (non-hydrogen) atoms. The smallest absolute Gasteiger partial charge is 0.263 e. The number of para-hydroxylation sites is 1. The Kier molecular flexibility index (Phi) is 3.20. The molecule has 0 saturated heterocycles. The minimum atomic E-state index is -0.554. The predicted molar refractivity (Wildman–Crippen MR) is 81.7 cm³/mol. The molecule has 0 saturated carbocycles. The van der Waals surface area contributed by atoms with Crippen LogP contribution in [0.4, 0.5) is 5.69 Å². The summed E-state index contributed by atoms with van der Waals surface area (Å²) in [4.78, 5) is 12.3. The number of phenols is 2. The van der Waals surface area contributed by atoms with E-state index in [9.17, 15) is 15.0 Å². The lowest BCUT2D eigenvalue weighted by Crippen LogP contribution is -2.12. The number of hydrogen-bond acceptors (Lipinski definition) is 3. The fourth-order valence-corrected chi connectivity index (χ4v) is 2.25. The molecule has 0 bridgehead atoms. The number of nitrogens with one attached hydrogen (secondary N) is 1. The van der Waals surface area contributed by atoms with Gasteiger partial charge in [0.25, 0.3) is 5.91 Å². The van der Waals surface area contributed by atoms with Crippen molar-refractivity contribution in [1.82, 2.24) is 0 Å². The van der Waals surface area contributed by atoms with Gasteiger partial charge in [0.2, 0.25) is 0 Å². The molecule has 0 heterocycles. The molecule has 0 aliphatic rings. The van der Waals surface area contributed by atoms with Crippen molar-refractivity contribution in [3.63, 3.8) is 0 Å². The molecule has 0 aromatic heterocycles. The zero-order valence-electron chi connectivity index (χ0n) is 11.1. The maximum atomic E-state index is 12.3. The Labute approximate surface area is 121 Å². The van der Waals surface area contributed by atoms with Crippen LogP contribution in [0.15, 0.2) is 60.7 Å². The number of hydrogen-bond donors (Lipinski definition) is 3. The number of carbonyl (C=O) groups excluding carboxylic acids is 1. The van der Waals surface area contributed by atoms with Gasteiger partial charge in [0.1, 0.15) is 17.1 Å². The molecule has 3 N–H and O–H groups in total. The van der Waals surface area contributed by atoms with Crippen molar-refractivity contribution in [2.24, 2.45) is 0 Å². The highest BCUT2D eigenvalue weighted by Gasteiger charge is 2.19. The van der Waals surface area contributed by atoms with E-state index in [-0.39, 0.29) is 17.1 Å². The molecule has 0 spiro atoms. The van der Waals surface area contributed by atoms with Crippen molar-refractivity contribution in [2.75, 3.05) is 5.32 Å². The summed E-state index contributed by atoms with van der Waals surface area (Å²) >= 11 is 0. The third-order valence-electron chi connectivity index (χ3n) is 3.26. The molecule has 3 aromatic rings. The fourth-order valence-electron chi connectivity index (χ4n) is 2.25. The van der Waals surface area contributed by atoms with Gasteiger partial charge in [-0.1, -0.05) is 42.5 Å². The van der Waals surface area contributed by atoms with Crippen LogP contribution in [0, 0.1) is 0 Å². The molecule has 4 heteroatoms. The van der Waals surface area contributed by atoms with Crippen molar-refractivity contribution in [3.05, 3.63) is 66.2 Å². The summed E-state index contributed by atoms with van der Waals surface area (Å²) in [6, 6.07) is 17.3. The molecule has 4 nitrogen and oxygen atoms in total. The molecule has 0 unspecified atom stereocenters. The Morgan fingerprint density at radius 3 is 2.33 bits per heavy atom. The second kappa shape index (κ2) is 5.17. The number of rotatable bonds is 2. The van der Waals surface area contributed by atoms with Gasteiger partial charge in [-0.3, -0.25) is 4.79 Å². The summed E-state index contributed by atoms with van der Waals surface area (Å²) < 4.78 is 0. The van der Waals surface area contributed by atoms with Crippen LogP contribution in [0.2, 0.25) is 0 Å². The van der Waals surface area contributed by atoms with Gasteiger partial charge in [-0.05, 0) is 23.6 Å². The first-order valence-corrected chi connectivity index (χ1v) is 6.47. The number of amides is 1. The van der Waals surface area contributed by atoms with Gasteiger partial charge < -0.3 is 15.5 Å². The van der Waals surface area contributed by atoms with Gasteiger partial charge in [-0.2, -0.15) is 0 Å². The lowest BCUT2D eigenvalue weighted by molar-refractivity contribution is 0.102. The van der Waals surface area contributed by atoms with Crippen LogP contribution in [-0.4, -0.2) is 16.1 Å². The maximum Gasteiger partial charge on any atom is 0.263 e. The highest BCUT2D eigenvalue weighted by molar-refractivity contribution is 6.12. The largest absolute Gasteiger partial charge is 0.507 e. The summed E-state index contributed by atoms with van der Waals surface area (Å²) in [7, 11) is 0. The molecule has 1 amide bonds. The van der Waals surface area contributed by atoms with Gasteiger partial charge in [-0.15, -0.1) is 0 Å². The van der Waals surface area contributed by atoms with Crippen molar-refractivity contribution in [1.29, 1.82) is 0 Å².